The SMILES string of the molecule is CCCCCCCCC(=O)N1CCN(C(=O)CSc2nnc(-c3ccco3)n2-c2ccc(OC)cc2)CC1C. The van der Waals surface area contributed by atoms with Crippen LogP contribution in [0.4, 0.5) is 0 Å². The Balaban J connectivity index is 1.34. The van der Waals surface area contributed by atoms with Crippen LogP contribution in [0, 0.1) is 0 Å². The molecule has 9 nitrogen and oxygen atoms in total. The predicted octanol–water partition coefficient (Wildman–Crippen LogP) is 5.44. The molecule has 2 amide bonds. The first-order valence-electron chi connectivity index (χ1n) is 13.9. The van der Waals surface area contributed by atoms with Gasteiger partial charge in [-0.3, -0.25) is 14.2 Å². The van der Waals surface area contributed by atoms with Gasteiger partial charge in [-0.2, -0.15) is 0 Å². The second-order valence-electron chi connectivity index (χ2n) is 9.90. The van der Waals surface area contributed by atoms with Gasteiger partial charge in [0.25, 0.3) is 0 Å². The molecule has 0 N–H and O–H groups in total. The van der Waals surface area contributed by atoms with Crippen molar-refractivity contribution in [3.8, 4) is 23.0 Å². The highest BCUT2D eigenvalue weighted by molar-refractivity contribution is 7.99. The Bertz CT molecular complexity index is 1190. The maximum atomic E-state index is 13.2. The van der Waals surface area contributed by atoms with Crippen LogP contribution in [0.15, 0.2) is 52.2 Å². The van der Waals surface area contributed by atoms with Crippen molar-refractivity contribution in [2.24, 2.45) is 0 Å². The average Bonchev–Trinajstić information content (AvgIpc) is 3.63. The molecule has 1 aliphatic rings. The molecule has 1 fully saturated rings. The zero-order chi connectivity index (χ0) is 27.6. The first kappa shape index (κ1) is 28.7. The number of unbranched alkanes of at least 4 members (excludes halogenated alkanes) is 5. The van der Waals surface area contributed by atoms with Crippen molar-refractivity contribution in [1.82, 2.24) is 24.6 Å². The van der Waals surface area contributed by atoms with E-state index in [0.29, 0.717) is 42.8 Å². The number of thioether (sulfide) groups is 1. The van der Waals surface area contributed by atoms with Gasteiger partial charge in [0, 0.05) is 32.1 Å². The smallest absolute Gasteiger partial charge is 0.233 e. The summed E-state index contributed by atoms with van der Waals surface area (Å²) in [7, 11) is 1.63. The lowest BCUT2D eigenvalue weighted by atomic mass is 10.1. The van der Waals surface area contributed by atoms with Gasteiger partial charge in [0.2, 0.25) is 17.6 Å². The van der Waals surface area contributed by atoms with Crippen molar-refractivity contribution in [3.63, 3.8) is 0 Å². The quantitative estimate of drug-likeness (QED) is 0.206. The van der Waals surface area contributed by atoms with Gasteiger partial charge in [-0.1, -0.05) is 50.8 Å². The second kappa shape index (κ2) is 14.2. The number of nitrogens with zero attached hydrogens (tertiary/aromatic N) is 5. The standard InChI is InChI=1S/C29H39N5O4S/c1-4-5-6-7-8-9-12-26(35)33-18-17-32(20-22(33)2)27(36)21-39-29-31-30-28(25-11-10-19-38-25)34(29)23-13-15-24(37-3)16-14-23/h10-11,13-16,19,22H,4-9,12,17-18,20-21H2,1-3H3. The molecule has 1 aromatic carbocycles. The number of ether oxygens (including phenoxy) is 1. The van der Waals surface area contributed by atoms with Crippen LogP contribution in [-0.4, -0.2) is 74.9 Å². The summed E-state index contributed by atoms with van der Waals surface area (Å²) in [4.78, 5) is 29.7. The molecule has 0 radical (unpaired) electrons. The molecule has 3 heterocycles. The van der Waals surface area contributed by atoms with Crippen LogP contribution in [0.3, 0.4) is 0 Å². The first-order chi connectivity index (χ1) is 19.0. The fourth-order valence-electron chi connectivity index (χ4n) is 4.87. The van der Waals surface area contributed by atoms with Crippen LogP contribution < -0.4 is 4.74 Å². The van der Waals surface area contributed by atoms with Gasteiger partial charge >= 0.3 is 0 Å². The summed E-state index contributed by atoms with van der Waals surface area (Å²) >= 11 is 1.34. The van der Waals surface area contributed by atoms with Crippen molar-refractivity contribution in [2.45, 2.75) is 70.0 Å². The molecule has 0 spiro atoms. The van der Waals surface area contributed by atoms with Crippen LogP contribution in [0.1, 0.15) is 58.8 Å². The Morgan fingerprint density at radius 3 is 2.49 bits per heavy atom. The van der Waals surface area contributed by atoms with Crippen molar-refractivity contribution in [1.29, 1.82) is 0 Å². The number of aromatic nitrogens is 3. The number of rotatable bonds is 13. The largest absolute Gasteiger partial charge is 0.497 e. The van der Waals surface area contributed by atoms with E-state index in [4.69, 9.17) is 9.15 Å². The molecular weight excluding hydrogens is 514 g/mol. The van der Waals surface area contributed by atoms with Crippen molar-refractivity contribution in [3.05, 3.63) is 42.7 Å². The van der Waals surface area contributed by atoms with E-state index < -0.39 is 0 Å². The third kappa shape index (κ3) is 7.44. The molecule has 3 aromatic rings. The van der Waals surface area contributed by atoms with E-state index in [-0.39, 0.29) is 23.6 Å². The van der Waals surface area contributed by atoms with Crippen molar-refractivity contribution >= 4 is 23.6 Å². The molecule has 39 heavy (non-hydrogen) atoms. The van der Waals surface area contributed by atoms with Gasteiger partial charge < -0.3 is 19.0 Å². The highest BCUT2D eigenvalue weighted by atomic mass is 32.2. The van der Waals surface area contributed by atoms with Gasteiger partial charge in [-0.15, -0.1) is 10.2 Å². The lowest BCUT2D eigenvalue weighted by molar-refractivity contribution is -0.141. The molecule has 0 aliphatic carbocycles. The fraction of sp³-hybridized carbons (Fsp3) is 0.517. The number of carbonyl (C=O) groups excluding carboxylic acids is 2. The van der Waals surface area contributed by atoms with Crippen LogP contribution in [0.5, 0.6) is 5.75 Å². The molecule has 210 valence electrons. The number of benzene rings is 1. The Morgan fingerprint density at radius 1 is 1.03 bits per heavy atom. The minimum absolute atomic E-state index is 0.00815. The lowest BCUT2D eigenvalue weighted by Crippen LogP contribution is -2.55. The monoisotopic (exact) mass is 553 g/mol. The lowest BCUT2D eigenvalue weighted by Gasteiger charge is -2.40. The zero-order valence-electron chi connectivity index (χ0n) is 23.2. The molecule has 0 saturated carbocycles. The topological polar surface area (TPSA) is 93.7 Å². The van der Waals surface area contributed by atoms with Gasteiger partial charge in [-0.25, -0.2) is 0 Å². The summed E-state index contributed by atoms with van der Waals surface area (Å²) in [5.74, 6) is 2.36. The van der Waals surface area contributed by atoms with Crippen molar-refractivity contribution < 1.29 is 18.7 Å². The maximum Gasteiger partial charge on any atom is 0.233 e. The molecule has 1 aliphatic heterocycles. The van der Waals surface area contributed by atoms with E-state index in [1.165, 1.54) is 37.4 Å². The van der Waals surface area contributed by atoms with Crippen LogP contribution in [-0.2, 0) is 9.59 Å². The summed E-state index contributed by atoms with van der Waals surface area (Å²) in [6, 6.07) is 11.2. The van der Waals surface area contributed by atoms with Gasteiger partial charge in [-0.05, 0) is 49.7 Å². The first-order valence-corrected chi connectivity index (χ1v) is 14.8. The number of methoxy groups -OCH3 is 1. The Hall–Kier alpha value is -3.27. The summed E-state index contributed by atoms with van der Waals surface area (Å²) in [6.45, 7) is 5.92. The Labute approximate surface area is 234 Å². The highest BCUT2D eigenvalue weighted by Crippen LogP contribution is 2.29. The van der Waals surface area contributed by atoms with Crippen LogP contribution in [0.25, 0.3) is 17.3 Å². The molecule has 1 saturated heterocycles. The number of amides is 2. The number of hydrogen-bond donors (Lipinski definition) is 0. The minimum atomic E-state index is 0.00815. The number of carbonyl (C=O) groups is 2. The summed E-state index contributed by atoms with van der Waals surface area (Å²) < 4.78 is 12.8. The van der Waals surface area contributed by atoms with E-state index in [2.05, 4.69) is 17.1 Å². The number of hydrogen-bond acceptors (Lipinski definition) is 7. The summed E-state index contributed by atoms with van der Waals surface area (Å²) in [5.41, 5.74) is 0.841. The molecule has 1 atom stereocenters. The third-order valence-electron chi connectivity index (χ3n) is 7.08. The normalized spacial score (nSPS) is 15.5. The number of furan rings is 1. The Morgan fingerprint density at radius 2 is 1.79 bits per heavy atom. The number of piperazine rings is 1. The summed E-state index contributed by atoms with van der Waals surface area (Å²) in [6.07, 6.45) is 9.19. The van der Waals surface area contributed by atoms with Gasteiger partial charge in [0.05, 0.1) is 24.8 Å². The molecular formula is C29H39N5O4S. The van der Waals surface area contributed by atoms with E-state index in [1.54, 1.807) is 19.4 Å². The van der Waals surface area contributed by atoms with Crippen molar-refractivity contribution in [2.75, 3.05) is 32.5 Å². The fourth-order valence-corrected chi connectivity index (χ4v) is 5.72. The van der Waals surface area contributed by atoms with E-state index in [1.807, 2.05) is 51.6 Å². The predicted molar refractivity (Wildman–Crippen MR) is 152 cm³/mol. The van der Waals surface area contributed by atoms with E-state index >= 15 is 0 Å². The molecule has 0 bridgehead atoms. The zero-order valence-corrected chi connectivity index (χ0v) is 24.0. The molecule has 1 unspecified atom stereocenters. The minimum Gasteiger partial charge on any atom is -0.497 e. The molecule has 2 aromatic heterocycles. The second-order valence-corrected chi connectivity index (χ2v) is 10.8. The van der Waals surface area contributed by atoms with E-state index in [0.717, 1.165) is 24.3 Å². The third-order valence-corrected chi connectivity index (χ3v) is 7.99. The average molecular weight is 554 g/mol. The van der Waals surface area contributed by atoms with Gasteiger partial charge in [0.15, 0.2) is 10.9 Å². The van der Waals surface area contributed by atoms with E-state index in [9.17, 15) is 9.59 Å². The van der Waals surface area contributed by atoms with Crippen LogP contribution in [0.2, 0.25) is 0 Å². The molecule has 10 heteroatoms. The van der Waals surface area contributed by atoms with Gasteiger partial charge in [0.1, 0.15) is 5.75 Å². The Kier molecular flexibility index (Phi) is 10.5. The highest BCUT2D eigenvalue weighted by Gasteiger charge is 2.30. The summed E-state index contributed by atoms with van der Waals surface area (Å²) in [5, 5.41) is 9.32. The molecule has 4 rings (SSSR count). The van der Waals surface area contributed by atoms with Crippen LogP contribution >= 0.6 is 11.8 Å². The maximum absolute atomic E-state index is 13.2.